The van der Waals surface area contributed by atoms with Gasteiger partial charge >= 0.3 is 5.97 Å². The van der Waals surface area contributed by atoms with Crippen LogP contribution in [0.4, 0.5) is 0 Å². The van der Waals surface area contributed by atoms with E-state index in [0.29, 0.717) is 32.4 Å². The van der Waals surface area contributed by atoms with Crippen molar-refractivity contribution >= 4 is 11.9 Å². The molecule has 0 bridgehead atoms. The molecule has 2 unspecified atom stereocenters. The largest absolute Gasteiger partial charge is 0.481 e. The maximum atomic E-state index is 11.9. The fraction of sp³-hybridized carbons (Fsp3) is 0.833. The monoisotopic (exact) mass is 243 g/mol. The minimum Gasteiger partial charge on any atom is -0.481 e. The Morgan fingerprint density at radius 2 is 2.24 bits per heavy atom. The molecule has 0 saturated carbocycles. The number of ether oxygens (including phenoxy) is 1. The van der Waals surface area contributed by atoms with Crippen molar-refractivity contribution in [1.82, 2.24) is 4.90 Å². The van der Waals surface area contributed by atoms with Gasteiger partial charge < -0.3 is 14.7 Å². The number of piperidine rings is 1. The first-order chi connectivity index (χ1) is 8.04. The fourth-order valence-electron chi connectivity index (χ4n) is 2.01. The molecule has 0 radical (unpaired) electrons. The first kappa shape index (κ1) is 14.0. The van der Waals surface area contributed by atoms with E-state index >= 15 is 0 Å². The topological polar surface area (TPSA) is 66.8 Å². The summed E-state index contributed by atoms with van der Waals surface area (Å²) in [5.74, 6) is -1.15. The highest BCUT2D eigenvalue weighted by molar-refractivity contribution is 5.78. The van der Waals surface area contributed by atoms with Crippen molar-refractivity contribution in [1.29, 1.82) is 0 Å². The molecule has 0 aliphatic carbocycles. The summed E-state index contributed by atoms with van der Waals surface area (Å²) in [6.45, 7) is 2.96. The van der Waals surface area contributed by atoms with Crippen molar-refractivity contribution in [3.05, 3.63) is 0 Å². The number of nitrogens with zero attached hydrogens (tertiary/aromatic N) is 1. The zero-order valence-corrected chi connectivity index (χ0v) is 10.5. The van der Waals surface area contributed by atoms with Gasteiger partial charge in [-0.3, -0.25) is 9.59 Å². The quantitative estimate of drug-likeness (QED) is 0.786. The van der Waals surface area contributed by atoms with Gasteiger partial charge in [0.15, 0.2) is 0 Å². The van der Waals surface area contributed by atoms with Crippen LogP contribution in [0, 0.1) is 5.92 Å². The summed E-state index contributed by atoms with van der Waals surface area (Å²) in [6, 6.07) is 0. The van der Waals surface area contributed by atoms with Crippen LogP contribution in [0.15, 0.2) is 0 Å². The predicted octanol–water partition coefficient (Wildman–Crippen LogP) is 1.12. The summed E-state index contributed by atoms with van der Waals surface area (Å²) in [6.07, 6.45) is 2.64. The molecule has 1 aliphatic heterocycles. The van der Waals surface area contributed by atoms with Gasteiger partial charge in [0.1, 0.15) is 0 Å². The van der Waals surface area contributed by atoms with E-state index in [2.05, 4.69) is 0 Å². The van der Waals surface area contributed by atoms with Crippen LogP contribution in [0.3, 0.4) is 0 Å². The minimum atomic E-state index is -0.798. The molecule has 1 N–H and O–H groups in total. The van der Waals surface area contributed by atoms with Crippen LogP contribution >= 0.6 is 0 Å². The van der Waals surface area contributed by atoms with E-state index in [1.165, 1.54) is 0 Å². The highest BCUT2D eigenvalue weighted by Gasteiger charge is 2.27. The van der Waals surface area contributed by atoms with Gasteiger partial charge in [-0.2, -0.15) is 0 Å². The Labute approximate surface area is 102 Å². The van der Waals surface area contributed by atoms with Gasteiger partial charge in [-0.15, -0.1) is 0 Å². The zero-order valence-electron chi connectivity index (χ0n) is 10.5. The molecule has 98 valence electrons. The number of methoxy groups -OCH3 is 1. The molecule has 1 aliphatic rings. The molecule has 1 heterocycles. The van der Waals surface area contributed by atoms with Crippen LogP contribution in [-0.4, -0.2) is 48.2 Å². The zero-order chi connectivity index (χ0) is 12.8. The molecule has 0 aromatic heterocycles. The number of aliphatic carboxylic acids is 1. The Morgan fingerprint density at radius 1 is 1.53 bits per heavy atom. The maximum Gasteiger partial charge on any atom is 0.308 e. The minimum absolute atomic E-state index is 0.0415. The van der Waals surface area contributed by atoms with Crippen molar-refractivity contribution in [2.45, 2.75) is 38.7 Å². The van der Waals surface area contributed by atoms with Crippen LogP contribution < -0.4 is 0 Å². The lowest BCUT2D eigenvalue weighted by atomic mass is 9.98. The van der Waals surface area contributed by atoms with E-state index in [-0.39, 0.29) is 12.0 Å². The van der Waals surface area contributed by atoms with Gasteiger partial charge in [-0.1, -0.05) is 0 Å². The van der Waals surface area contributed by atoms with E-state index < -0.39 is 11.9 Å². The molecule has 1 rings (SSSR count). The molecule has 5 heteroatoms. The number of amides is 1. The summed E-state index contributed by atoms with van der Waals surface area (Å²) in [5, 5.41) is 8.94. The summed E-state index contributed by atoms with van der Waals surface area (Å²) >= 11 is 0. The van der Waals surface area contributed by atoms with E-state index in [1.807, 2.05) is 6.92 Å². The molecular formula is C12H21NO4. The third kappa shape index (κ3) is 4.34. The SMILES string of the molecule is COC(C)CCC(=O)N1CCCC(C(=O)O)C1. The van der Waals surface area contributed by atoms with Gasteiger partial charge in [0.05, 0.1) is 12.0 Å². The molecule has 2 atom stereocenters. The van der Waals surface area contributed by atoms with Crippen molar-refractivity contribution < 1.29 is 19.4 Å². The molecule has 1 fully saturated rings. The van der Waals surface area contributed by atoms with E-state index in [0.717, 1.165) is 6.42 Å². The van der Waals surface area contributed by atoms with Crippen LogP contribution in [-0.2, 0) is 14.3 Å². The highest BCUT2D eigenvalue weighted by atomic mass is 16.5. The second kappa shape index (κ2) is 6.59. The Balaban J connectivity index is 2.38. The van der Waals surface area contributed by atoms with E-state index in [9.17, 15) is 9.59 Å². The average Bonchev–Trinajstić information content (AvgIpc) is 2.35. The molecule has 0 spiro atoms. The molecule has 1 amide bonds. The Kier molecular flexibility index (Phi) is 5.41. The first-order valence-corrected chi connectivity index (χ1v) is 6.08. The van der Waals surface area contributed by atoms with Gasteiger partial charge in [0.25, 0.3) is 0 Å². The van der Waals surface area contributed by atoms with Gasteiger partial charge in [0, 0.05) is 26.6 Å². The molecular weight excluding hydrogens is 222 g/mol. The summed E-state index contributed by atoms with van der Waals surface area (Å²) in [5.41, 5.74) is 0. The first-order valence-electron chi connectivity index (χ1n) is 6.08. The summed E-state index contributed by atoms with van der Waals surface area (Å²) in [7, 11) is 1.62. The number of carboxylic acids is 1. The standard InChI is InChI=1S/C12H21NO4/c1-9(17-2)5-6-11(14)13-7-3-4-10(8-13)12(15)16/h9-10H,3-8H2,1-2H3,(H,15,16). The van der Waals surface area contributed by atoms with Crippen LogP contribution in [0.2, 0.25) is 0 Å². The second-order valence-electron chi connectivity index (χ2n) is 4.60. The number of carbonyl (C=O) groups is 2. The predicted molar refractivity (Wildman–Crippen MR) is 62.6 cm³/mol. The number of rotatable bonds is 5. The van der Waals surface area contributed by atoms with E-state index in [1.54, 1.807) is 12.0 Å². The van der Waals surface area contributed by atoms with Crippen LogP contribution in [0.1, 0.15) is 32.6 Å². The number of hydrogen-bond donors (Lipinski definition) is 1. The van der Waals surface area contributed by atoms with Crippen molar-refractivity contribution in [3.63, 3.8) is 0 Å². The molecule has 0 aromatic carbocycles. The number of carboxylic acid groups (broad SMARTS) is 1. The van der Waals surface area contributed by atoms with Crippen molar-refractivity contribution in [3.8, 4) is 0 Å². The normalized spacial score (nSPS) is 22.2. The number of carbonyl (C=O) groups excluding carboxylic acids is 1. The lowest BCUT2D eigenvalue weighted by Gasteiger charge is -2.31. The van der Waals surface area contributed by atoms with Crippen molar-refractivity contribution in [2.24, 2.45) is 5.92 Å². The number of hydrogen-bond acceptors (Lipinski definition) is 3. The highest BCUT2D eigenvalue weighted by Crippen LogP contribution is 2.18. The Morgan fingerprint density at radius 3 is 2.82 bits per heavy atom. The smallest absolute Gasteiger partial charge is 0.308 e. The lowest BCUT2D eigenvalue weighted by molar-refractivity contribution is -0.145. The summed E-state index contributed by atoms with van der Waals surface area (Å²) < 4.78 is 5.08. The molecule has 17 heavy (non-hydrogen) atoms. The molecule has 0 aromatic rings. The second-order valence-corrected chi connectivity index (χ2v) is 4.60. The number of likely N-dealkylation sites (tertiary alicyclic amines) is 1. The molecule has 1 saturated heterocycles. The Hall–Kier alpha value is -1.10. The summed E-state index contributed by atoms with van der Waals surface area (Å²) in [4.78, 5) is 24.4. The fourth-order valence-corrected chi connectivity index (χ4v) is 2.01. The molecule has 5 nitrogen and oxygen atoms in total. The van der Waals surface area contributed by atoms with Crippen LogP contribution in [0.25, 0.3) is 0 Å². The average molecular weight is 243 g/mol. The van der Waals surface area contributed by atoms with E-state index in [4.69, 9.17) is 9.84 Å². The van der Waals surface area contributed by atoms with Gasteiger partial charge in [-0.25, -0.2) is 0 Å². The van der Waals surface area contributed by atoms with Gasteiger partial charge in [0.2, 0.25) is 5.91 Å². The lowest BCUT2D eigenvalue weighted by Crippen LogP contribution is -2.42. The van der Waals surface area contributed by atoms with Crippen LogP contribution in [0.5, 0.6) is 0 Å². The maximum absolute atomic E-state index is 11.9. The van der Waals surface area contributed by atoms with Gasteiger partial charge in [-0.05, 0) is 26.2 Å². The Bertz CT molecular complexity index is 280. The van der Waals surface area contributed by atoms with Crippen molar-refractivity contribution in [2.75, 3.05) is 20.2 Å². The third-order valence-corrected chi connectivity index (χ3v) is 3.29. The third-order valence-electron chi connectivity index (χ3n) is 3.29.